The van der Waals surface area contributed by atoms with Crippen LogP contribution in [0.15, 0.2) is 23.2 Å². The number of amidine groups is 1. The predicted octanol–water partition coefficient (Wildman–Crippen LogP) is 1.71. The molecule has 1 aromatic rings. The lowest BCUT2D eigenvalue weighted by Crippen LogP contribution is -2.37. The molecule has 0 unspecified atom stereocenters. The molecular formula is C17H22N2O5S2. The average molecular weight is 399 g/mol. The molecular weight excluding hydrogens is 376 g/mol. The fourth-order valence-electron chi connectivity index (χ4n) is 3.18. The summed E-state index contributed by atoms with van der Waals surface area (Å²) in [6, 6.07) is 5.41. The van der Waals surface area contributed by atoms with Crippen LogP contribution in [0.3, 0.4) is 0 Å². The van der Waals surface area contributed by atoms with Gasteiger partial charge < -0.3 is 14.4 Å². The number of hydrogen-bond donors (Lipinski definition) is 0. The maximum atomic E-state index is 12.0. The van der Waals surface area contributed by atoms with Crippen LogP contribution in [0, 0.1) is 0 Å². The molecule has 0 radical (unpaired) electrons. The van der Waals surface area contributed by atoms with Gasteiger partial charge in [0.2, 0.25) is 5.91 Å². The van der Waals surface area contributed by atoms with Gasteiger partial charge >= 0.3 is 0 Å². The van der Waals surface area contributed by atoms with E-state index in [-0.39, 0.29) is 28.7 Å². The highest BCUT2D eigenvalue weighted by Gasteiger charge is 2.48. The van der Waals surface area contributed by atoms with Gasteiger partial charge in [0.05, 0.1) is 31.8 Å². The maximum Gasteiger partial charge on any atom is 0.247 e. The lowest BCUT2D eigenvalue weighted by Gasteiger charge is -2.24. The highest BCUT2D eigenvalue weighted by Crippen LogP contribution is 2.39. The molecule has 26 heavy (non-hydrogen) atoms. The van der Waals surface area contributed by atoms with Crippen molar-refractivity contribution in [1.82, 2.24) is 4.90 Å². The molecule has 1 amide bonds. The van der Waals surface area contributed by atoms with Gasteiger partial charge in [-0.25, -0.2) is 8.42 Å². The number of methoxy groups -OCH3 is 2. The van der Waals surface area contributed by atoms with Gasteiger partial charge in [0.15, 0.2) is 26.5 Å². The number of carbonyl (C=O) groups excluding carboxylic acids is 1. The van der Waals surface area contributed by atoms with Crippen LogP contribution in [0.25, 0.3) is 0 Å². The first-order valence-corrected chi connectivity index (χ1v) is 11.0. The van der Waals surface area contributed by atoms with Crippen molar-refractivity contribution >= 4 is 32.7 Å². The zero-order valence-electron chi connectivity index (χ0n) is 15.0. The van der Waals surface area contributed by atoms with E-state index in [0.29, 0.717) is 29.6 Å². The van der Waals surface area contributed by atoms with E-state index >= 15 is 0 Å². The Labute approximate surface area is 157 Å². The Bertz CT molecular complexity index is 838. The highest BCUT2D eigenvalue weighted by atomic mass is 32.2. The first kappa shape index (κ1) is 19.0. The summed E-state index contributed by atoms with van der Waals surface area (Å²) in [6.07, 6.45) is 0.321. The normalized spacial score (nSPS) is 25.3. The van der Waals surface area contributed by atoms with Gasteiger partial charge in [-0.2, -0.15) is 4.99 Å². The Kier molecular flexibility index (Phi) is 5.47. The number of nitrogens with zero attached hydrogens (tertiary/aromatic N) is 2. The van der Waals surface area contributed by atoms with E-state index in [1.54, 1.807) is 21.1 Å². The Morgan fingerprint density at radius 1 is 1.27 bits per heavy atom. The number of thioether (sulfide) groups is 1. The summed E-state index contributed by atoms with van der Waals surface area (Å²) in [6.45, 7) is 2.22. The Balaban J connectivity index is 1.90. The fraction of sp³-hybridized carbons (Fsp3) is 0.529. The number of aliphatic imine (C=N–C) groups is 1. The predicted molar refractivity (Wildman–Crippen MR) is 102 cm³/mol. The van der Waals surface area contributed by atoms with Crippen molar-refractivity contribution in [2.75, 3.05) is 25.7 Å². The Morgan fingerprint density at radius 2 is 2.00 bits per heavy atom. The molecule has 2 atom stereocenters. The van der Waals surface area contributed by atoms with E-state index in [1.165, 1.54) is 11.8 Å². The van der Waals surface area contributed by atoms with E-state index in [9.17, 15) is 13.2 Å². The van der Waals surface area contributed by atoms with Crippen LogP contribution in [0.5, 0.6) is 11.5 Å². The van der Waals surface area contributed by atoms with E-state index in [4.69, 9.17) is 9.47 Å². The smallest absolute Gasteiger partial charge is 0.247 e. The second-order valence-corrected chi connectivity index (χ2v) is 9.62. The van der Waals surface area contributed by atoms with Gasteiger partial charge in [-0.3, -0.25) is 4.79 Å². The van der Waals surface area contributed by atoms with Crippen LogP contribution in [0.2, 0.25) is 0 Å². The summed E-state index contributed by atoms with van der Waals surface area (Å²) in [5.74, 6) is 1.26. The molecule has 0 aliphatic carbocycles. The monoisotopic (exact) mass is 398 g/mol. The van der Waals surface area contributed by atoms with Crippen LogP contribution in [-0.4, -0.2) is 61.4 Å². The fourth-order valence-corrected chi connectivity index (χ4v) is 7.15. The van der Waals surface area contributed by atoms with Crippen molar-refractivity contribution in [2.24, 2.45) is 4.99 Å². The lowest BCUT2D eigenvalue weighted by atomic mass is 10.1. The SMILES string of the molecule is CCC(=O)N=C1S[C@H]2CS(=O)(=O)C[C@@H]2N1Cc1ccc(OC)c(OC)c1. The van der Waals surface area contributed by atoms with Gasteiger partial charge in [-0.05, 0) is 17.7 Å². The van der Waals surface area contributed by atoms with Crippen molar-refractivity contribution in [1.29, 1.82) is 0 Å². The molecule has 0 spiro atoms. The molecule has 0 aromatic heterocycles. The van der Waals surface area contributed by atoms with Crippen LogP contribution in [0.1, 0.15) is 18.9 Å². The Morgan fingerprint density at radius 3 is 2.65 bits per heavy atom. The molecule has 0 bridgehead atoms. The van der Waals surface area contributed by atoms with Crippen molar-refractivity contribution < 1.29 is 22.7 Å². The molecule has 0 saturated carbocycles. The van der Waals surface area contributed by atoms with Crippen LogP contribution in [-0.2, 0) is 21.2 Å². The molecule has 0 N–H and O–H groups in total. The number of sulfone groups is 1. The van der Waals surface area contributed by atoms with Crippen molar-refractivity contribution in [2.45, 2.75) is 31.2 Å². The van der Waals surface area contributed by atoms with E-state index in [0.717, 1.165) is 5.56 Å². The minimum Gasteiger partial charge on any atom is -0.493 e. The molecule has 2 aliphatic heterocycles. The molecule has 3 rings (SSSR count). The third-order valence-electron chi connectivity index (χ3n) is 4.50. The molecule has 2 aliphatic rings. The van der Waals surface area contributed by atoms with Crippen molar-refractivity contribution in [3.05, 3.63) is 23.8 Å². The lowest BCUT2D eigenvalue weighted by molar-refractivity contribution is -0.117. The van der Waals surface area contributed by atoms with Crippen molar-refractivity contribution in [3.63, 3.8) is 0 Å². The molecule has 9 heteroatoms. The number of fused-ring (bicyclic) bond motifs is 1. The third kappa shape index (κ3) is 3.83. The molecule has 7 nitrogen and oxygen atoms in total. The second-order valence-electron chi connectivity index (χ2n) is 6.26. The van der Waals surface area contributed by atoms with E-state index < -0.39 is 9.84 Å². The number of rotatable bonds is 5. The summed E-state index contributed by atoms with van der Waals surface area (Å²) in [7, 11) is 0.0835. The minimum atomic E-state index is -3.06. The Hall–Kier alpha value is -1.74. The van der Waals surface area contributed by atoms with Gasteiger partial charge in [0, 0.05) is 18.2 Å². The van der Waals surface area contributed by atoms with Gasteiger partial charge in [0.25, 0.3) is 0 Å². The van der Waals surface area contributed by atoms with Gasteiger partial charge in [0.1, 0.15) is 0 Å². The minimum absolute atomic E-state index is 0.0800. The largest absolute Gasteiger partial charge is 0.493 e. The zero-order chi connectivity index (χ0) is 18.9. The molecule has 2 heterocycles. The summed E-state index contributed by atoms with van der Waals surface area (Å²) >= 11 is 1.39. The molecule has 2 fully saturated rings. The highest BCUT2D eigenvalue weighted by molar-refractivity contribution is 8.15. The number of carbonyl (C=O) groups is 1. The number of hydrogen-bond acceptors (Lipinski definition) is 6. The average Bonchev–Trinajstić information content (AvgIpc) is 3.07. The standard InChI is InChI=1S/C17H22N2O5S2/c1-4-16(20)18-17-19(12-9-26(21,22)10-15(12)25-17)8-11-5-6-13(23-2)14(7-11)24-3/h5-7,12,15H,4,8-10H2,1-3H3/t12-,15-/m0/s1. The topological polar surface area (TPSA) is 85.3 Å². The summed E-state index contributed by atoms with van der Waals surface area (Å²) < 4.78 is 34.7. The number of amides is 1. The van der Waals surface area contributed by atoms with Crippen molar-refractivity contribution in [3.8, 4) is 11.5 Å². The third-order valence-corrected chi connectivity index (χ3v) is 7.75. The summed E-state index contributed by atoms with van der Waals surface area (Å²) in [5.41, 5.74) is 0.935. The van der Waals surface area contributed by atoms with Crippen LogP contribution < -0.4 is 9.47 Å². The quantitative estimate of drug-likeness (QED) is 0.746. The van der Waals surface area contributed by atoms with Gasteiger partial charge in [-0.1, -0.05) is 24.8 Å². The number of benzene rings is 1. The van der Waals surface area contributed by atoms with E-state index in [1.807, 2.05) is 23.1 Å². The maximum absolute atomic E-state index is 12.0. The first-order valence-electron chi connectivity index (χ1n) is 8.33. The first-order chi connectivity index (χ1) is 12.4. The number of ether oxygens (including phenoxy) is 2. The molecule has 142 valence electrons. The molecule has 2 saturated heterocycles. The van der Waals surface area contributed by atoms with E-state index in [2.05, 4.69) is 4.99 Å². The zero-order valence-corrected chi connectivity index (χ0v) is 16.6. The van der Waals surface area contributed by atoms with Crippen LogP contribution in [0.4, 0.5) is 0 Å². The second kappa shape index (κ2) is 7.48. The summed E-state index contributed by atoms with van der Waals surface area (Å²) in [4.78, 5) is 17.9. The molecule has 1 aromatic carbocycles. The summed E-state index contributed by atoms with van der Waals surface area (Å²) in [5, 5.41) is 0.528. The van der Waals surface area contributed by atoms with Gasteiger partial charge in [-0.15, -0.1) is 0 Å². The van der Waals surface area contributed by atoms with Crippen LogP contribution >= 0.6 is 11.8 Å².